The van der Waals surface area contributed by atoms with Crippen molar-refractivity contribution in [2.24, 2.45) is 0 Å². The van der Waals surface area contributed by atoms with Gasteiger partial charge in [0.15, 0.2) is 5.69 Å². The van der Waals surface area contributed by atoms with E-state index in [2.05, 4.69) is 28.3 Å². The van der Waals surface area contributed by atoms with Crippen LogP contribution in [0.1, 0.15) is 25.3 Å². The number of quaternary nitrogens is 1. The Bertz CT molecular complexity index is 345. The summed E-state index contributed by atoms with van der Waals surface area (Å²) in [5, 5.41) is 0. The first-order valence-electron chi connectivity index (χ1n) is 4.35. The second-order valence-corrected chi connectivity index (χ2v) is 4.68. The largest absolute Gasteiger partial charge is 0.397 e. The molecule has 0 aliphatic rings. The lowest BCUT2D eigenvalue weighted by Crippen LogP contribution is -2.43. The van der Waals surface area contributed by atoms with E-state index >= 15 is 0 Å². The molecule has 14 heavy (non-hydrogen) atoms. The number of nitrogen functional groups attached to an aromatic ring is 3. The molecule has 1 aromatic carbocycles. The van der Waals surface area contributed by atoms with Crippen LogP contribution in [0.15, 0.2) is 0 Å². The first-order valence-corrected chi connectivity index (χ1v) is 5.43. The second-order valence-electron chi connectivity index (χ2n) is 3.60. The van der Waals surface area contributed by atoms with Crippen LogP contribution >= 0.6 is 22.6 Å². The molecule has 0 spiro atoms. The molecule has 0 saturated heterocycles. The van der Waals surface area contributed by atoms with Crippen LogP contribution in [0.25, 0.3) is 0 Å². The normalized spacial score (nSPS) is 10.9. The third-order valence-electron chi connectivity index (χ3n) is 2.28. The third-order valence-corrected chi connectivity index (χ3v) is 3.44. The molecule has 0 bridgehead atoms. The molecule has 0 aliphatic heterocycles. The Morgan fingerprint density at radius 2 is 1.57 bits per heavy atom. The zero-order valence-corrected chi connectivity index (χ0v) is 10.6. The predicted octanol–water partition coefficient (Wildman–Crippen LogP) is 1.03. The second kappa shape index (κ2) is 3.82. The van der Waals surface area contributed by atoms with Crippen LogP contribution in [0.2, 0.25) is 0 Å². The van der Waals surface area contributed by atoms with Gasteiger partial charge >= 0.3 is 0 Å². The molecule has 4 nitrogen and oxygen atoms in total. The first kappa shape index (κ1) is 11.4. The fourth-order valence-corrected chi connectivity index (χ4v) is 2.12. The molecule has 0 atom stereocenters. The Kier molecular flexibility index (Phi) is 3.10. The SMILES string of the molecule is CC(C)c1c(N)c(N)c(I)c(N)c1[NH3+]. The fourth-order valence-electron chi connectivity index (χ4n) is 1.51. The summed E-state index contributed by atoms with van der Waals surface area (Å²) < 4.78 is 0.800. The van der Waals surface area contributed by atoms with Gasteiger partial charge in [-0.1, -0.05) is 13.8 Å². The summed E-state index contributed by atoms with van der Waals surface area (Å²) in [6.07, 6.45) is 0. The summed E-state index contributed by atoms with van der Waals surface area (Å²) >= 11 is 2.09. The highest BCUT2D eigenvalue weighted by Crippen LogP contribution is 2.39. The highest BCUT2D eigenvalue weighted by molar-refractivity contribution is 14.1. The van der Waals surface area contributed by atoms with Gasteiger partial charge in [0, 0.05) is 5.56 Å². The monoisotopic (exact) mass is 307 g/mol. The van der Waals surface area contributed by atoms with Crippen molar-refractivity contribution >= 4 is 45.3 Å². The summed E-state index contributed by atoms with van der Waals surface area (Å²) in [4.78, 5) is 0. The van der Waals surface area contributed by atoms with Crippen molar-refractivity contribution in [3.05, 3.63) is 9.13 Å². The topological polar surface area (TPSA) is 106 Å². The number of nitrogens with two attached hydrogens (primary N) is 3. The number of rotatable bonds is 1. The van der Waals surface area contributed by atoms with Crippen LogP contribution in [0.3, 0.4) is 0 Å². The van der Waals surface area contributed by atoms with Crippen molar-refractivity contribution in [3.63, 3.8) is 0 Å². The minimum Gasteiger partial charge on any atom is -0.397 e. The van der Waals surface area contributed by atoms with E-state index in [4.69, 9.17) is 17.2 Å². The van der Waals surface area contributed by atoms with Crippen molar-refractivity contribution in [1.82, 2.24) is 0 Å². The molecule has 1 rings (SSSR count). The highest BCUT2D eigenvalue weighted by atomic mass is 127. The van der Waals surface area contributed by atoms with Crippen molar-refractivity contribution in [3.8, 4) is 0 Å². The van der Waals surface area contributed by atoms with Gasteiger partial charge in [-0.2, -0.15) is 0 Å². The molecule has 0 saturated carbocycles. The predicted molar refractivity (Wildman–Crippen MR) is 69.0 cm³/mol. The zero-order valence-electron chi connectivity index (χ0n) is 8.39. The minimum atomic E-state index is 0.282. The maximum Gasteiger partial charge on any atom is 0.157 e. The molecule has 0 unspecified atom stereocenters. The van der Waals surface area contributed by atoms with Gasteiger partial charge in [0.05, 0.1) is 14.9 Å². The lowest BCUT2D eigenvalue weighted by molar-refractivity contribution is -0.254. The molecule has 0 amide bonds. The maximum atomic E-state index is 5.93. The van der Waals surface area contributed by atoms with Gasteiger partial charge in [0.2, 0.25) is 0 Å². The Morgan fingerprint density at radius 3 is 2.00 bits per heavy atom. The van der Waals surface area contributed by atoms with E-state index in [1.54, 1.807) is 0 Å². The van der Waals surface area contributed by atoms with E-state index in [9.17, 15) is 0 Å². The van der Waals surface area contributed by atoms with E-state index in [0.717, 1.165) is 14.8 Å². The van der Waals surface area contributed by atoms with Crippen LogP contribution in [0.5, 0.6) is 0 Å². The van der Waals surface area contributed by atoms with Crippen molar-refractivity contribution in [1.29, 1.82) is 0 Å². The molecule has 0 aromatic heterocycles. The Balaban J connectivity index is 3.60. The number of halogens is 1. The Morgan fingerprint density at radius 1 is 1.07 bits per heavy atom. The summed E-state index contributed by atoms with van der Waals surface area (Å²) in [6.45, 7) is 4.10. The average Bonchev–Trinajstić information content (AvgIpc) is 2.11. The number of benzene rings is 1. The molecule has 5 heteroatoms. The summed E-state index contributed by atoms with van der Waals surface area (Å²) in [7, 11) is 0. The summed E-state index contributed by atoms with van der Waals surface area (Å²) in [5.41, 5.74) is 25.2. The van der Waals surface area contributed by atoms with Crippen LogP contribution in [-0.2, 0) is 0 Å². The van der Waals surface area contributed by atoms with E-state index in [0.29, 0.717) is 17.1 Å². The minimum absolute atomic E-state index is 0.282. The Labute approximate surface area is 97.1 Å². The van der Waals surface area contributed by atoms with Crippen LogP contribution in [0, 0.1) is 3.57 Å². The lowest BCUT2D eigenvalue weighted by Gasteiger charge is -2.16. The first-order chi connectivity index (χ1) is 6.37. The molecule has 1 aromatic rings. The third kappa shape index (κ3) is 1.61. The quantitative estimate of drug-likeness (QED) is 0.460. The van der Waals surface area contributed by atoms with Crippen molar-refractivity contribution in [2.45, 2.75) is 19.8 Å². The smallest absolute Gasteiger partial charge is 0.157 e. The van der Waals surface area contributed by atoms with Gasteiger partial charge in [0.1, 0.15) is 5.69 Å². The van der Waals surface area contributed by atoms with Gasteiger partial charge in [-0.25, -0.2) is 0 Å². The molecule has 9 N–H and O–H groups in total. The summed E-state index contributed by atoms with van der Waals surface area (Å²) in [5.74, 6) is 0.282. The average molecular weight is 307 g/mol. The zero-order chi connectivity index (χ0) is 11.0. The van der Waals surface area contributed by atoms with Crippen molar-refractivity contribution in [2.75, 3.05) is 17.2 Å². The van der Waals surface area contributed by atoms with E-state index in [-0.39, 0.29) is 5.92 Å². The maximum absolute atomic E-state index is 5.93. The van der Waals surface area contributed by atoms with E-state index in [1.165, 1.54) is 0 Å². The molecule has 0 radical (unpaired) electrons. The standard InChI is InChI=1S/C9H15IN4/c1-3(2)4-6(11)8(13)5(10)9(14)7(4)12/h3H,11-14H2,1-2H3/p+1. The lowest BCUT2D eigenvalue weighted by atomic mass is 9.97. The Hall–Kier alpha value is -0.690. The number of hydrogen-bond donors (Lipinski definition) is 4. The number of hydrogen-bond acceptors (Lipinski definition) is 3. The van der Waals surface area contributed by atoms with Crippen molar-refractivity contribution < 1.29 is 5.73 Å². The van der Waals surface area contributed by atoms with Crippen LogP contribution < -0.4 is 22.9 Å². The number of anilines is 3. The van der Waals surface area contributed by atoms with Gasteiger partial charge in [-0.15, -0.1) is 0 Å². The van der Waals surface area contributed by atoms with Gasteiger partial charge in [-0.3, -0.25) is 0 Å². The fraction of sp³-hybridized carbons (Fsp3) is 0.333. The highest BCUT2D eigenvalue weighted by Gasteiger charge is 2.20. The molecule has 0 fully saturated rings. The molecule has 0 heterocycles. The van der Waals surface area contributed by atoms with Gasteiger partial charge in [-0.05, 0) is 28.5 Å². The molecular weight excluding hydrogens is 291 g/mol. The van der Waals surface area contributed by atoms with Gasteiger partial charge in [0.25, 0.3) is 0 Å². The molecular formula is C9H16IN4+. The molecule has 78 valence electrons. The van der Waals surface area contributed by atoms with E-state index in [1.807, 2.05) is 13.8 Å². The van der Waals surface area contributed by atoms with Gasteiger partial charge < -0.3 is 22.9 Å². The van der Waals surface area contributed by atoms with E-state index < -0.39 is 0 Å². The summed E-state index contributed by atoms with van der Waals surface area (Å²) in [6, 6.07) is 0. The molecule has 0 aliphatic carbocycles. The van der Waals surface area contributed by atoms with Crippen LogP contribution in [0.4, 0.5) is 22.7 Å². The van der Waals surface area contributed by atoms with Crippen LogP contribution in [-0.4, -0.2) is 0 Å².